The lowest BCUT2D eigenvalue weighted by molar-refractivity contribution is -0.118. The molecule has 112 valence electrons. The molecule has 1 atom stereocenters. The van der Waals surface area contributed by atoms with Gasteiger partial charge in [0.05, 0.1) is 6.04 Å². The number of benzene rings is 2. The number of nitrogens with one attached hydrogen (secondary N) is 2. The van der Waals surface area contributed by atoms with Crippen LogP contribution in [0.5, 0.6) is 11.5 Å². The Bertz CT molecular complexity index is 730. The number of carbonyl (C=O) groups excluding carboxylic acids is 1. The average molecular weight is 296 g/mol. The number of amides is 1. The molecule has 2 aliphatic rings. The smallest absolute Gasteiger partial charge is 0.241 e. The van der Waals surface area contributed by atoms with E-state index in [-0.39, 0.29) is 18.7 Å². The summed E-state index contributed by atoms with van der Waals surface area (Å²) in [6, 6.07) is 13.4. The highest BCUT2D eigenvalue weighted by molar-refractivity contribution is 5.95. The lowest BCUT2D eigenvalue weighted by atomic mass is 9.95. The molecule has 0 bridgehead atoms. The Morgan fingerprint density at radius 3 is 2.82 bits per heavy atom. The van der Waals surface area contributed by atoms with Crippen LogP contribution >= 0.6 is 0 Å². The molecule has 4 rings (SSSR count). The van der Waals surface area contributed by atoms with Crippen LogP contribution in [0.2, 0.25) is 0 Å². The van der Waals surface area contributed by atoms with Gasteiger partial charge >= 0.3 is 0 Å². The monoisotopic (exact) mass is 296 g/mol. The quantitative estimate of drug-likeness (QED) is 0.890. The molecular formula is C17H16N2O3. The summed E-state index contributed by atoms with van der Waals surface area (Å²) in [5.41, 5.74) is 3.21. The molecule has 2 aliphatic heterocycles. The summed E-state index contributed by atoms with van der Waals surface area (Å²) >= 11 is 0. The number of hydrogen-bond donors (Lipinski definition) is 2. The van der Waals surface area contributed by atoms with Gasteiger partial charge in [0.15, 0.2) is 11.5 Å². The van der Waals surface area contributed by atoms with Crippen molar-refractivity contribution in [3.8, 4) is 11.5 Å². The fourth-order valence-corrected chi connectivity index (χ4v) is 2.84. The fraction of sp³-hybridized carbons (Fsp3) is 0.235. The predicted octanol–water partition coefficient (Wildman–Crippen LogP) is 2.07. The molecule has 0 unspecified atom stereocenters. The molecule has 0 aliphatic carbocycles. The van der Waals surface area contributed by atoms with Gasteiger partial charge in [-0.05, 0) is 29.7 Å². The first kappa shape index (κ1) is 13.2. The number of fused-ring (bicyclic) bond motifs is 2. The van der Waals surface area contributed by atoms with Gasteiger partial charge in [-0.1, -0.05) is 24.3 Å². The van der Waals surface area contributed by atoms with Gasteiger partial charge in [-0.25, -0.2) is 0 Å². The van der Waals surface area contributed by atoms with E-state index in [2.05, 4.69) is 22.8 Å². The highest BCUT2D eigenvalue weighted by Crippen LogP contribution is 2.34. The zero-order valence-corrected chi connectivity index (χ0v) is 12.0. The van der Waals surface area contributed by atoms with E-state index in [1.54, 1.807) is 6.07 Å². The molecule has 22 heavy (non-hydrogen) atoms. The van der Waals surface area contributed by atoms with Crippen molar-refractivity contribution in [2.45, 2.75) is 19.0 Å². The highest BCUT2D eigenvalue weighted by atomic mass is 16.7. The van der Waals surface area contributed by atoms with Crippen LogP contribution in [0.1, 0.15) is 11.1 Å². The molecule has 5 heteroatoms. The van der Waals surface area contributed by atoms with Gasteiger partial charge in [-0.3, -0.25) is 4.79 Å². The van der Waals surface area contributed by atoms with Gasteiger partial charge in [-0.2, -0.15) is 0 Å². The summed E-state index contributed by atoms with van der Waals surface area (Å²) < 4.78 is 10.6. The van der Waals surface area contributed by atoms with Crippen LogP contribution in [0, 0.1) is 0 Å². The first-order valence-electron chi connectivity index (χ1n) is 7.30. The fourth-order valence-electron chi connectivity index (χ4n) is 2.84. The van der Waals surface area contributed by atoms with Crippen LogP contribution in [-0.2, 0) is 17.8 Å². The second-order valence-corrected chi connectivity index (χ2v) is 5.46. The normalized spacial score (nSPS) is 18.6. The number of hydrogen-bond acceptors (Lipinski definition) is 4. The third-order valence-corrected chi connectivity index (χ3v) is 4.04. The molecule has 2 aromatic rings. The predicted molar refractivity (Wildman–Crippen MR) is 82.0 cm³/mol. The number of ether oxygens (including phenoxy) is 2. The molecule has 0 saturated heterocycles. The summed E-state index contributed by atoms with van der Waals surface area (Å²) in [5, 5.41) is 6.21. The van der Waals surface area contributed by atoms with Gasteiger partial charge in [0, 0.05) is 18.3 Å². The molecule has 2 aromatic carbocycles. The Morgan fingerprint density at radius 1 is 1.09 bits per heavy atom. The lowest BCUT2D eigenvalue weighted by Gasteiger charge is -2.25. The first-order valence-corrected chi connectivity index (χ1v) is 7.30. The van der Waals surface area contributed by atoms with E-state index in [0.717, 1.165) is 12.2 Å². The first-order chi connectivity index (χ1) is 10.8. The minimum Gasteiger partial charge on any atom is -0.454 e. The van der Waals surface area contributed by atoms with Crippen LogP contribution in [0.25, 0.3) is 0 Å². The second-order valence-electron chi connectivity index (χ2n) is 5.46. The Labute approximate surface area is 128 Å². The molecular weight excluding hydrogens is 280 g/mol. The molecule has 0 saturated carbocycles. The maximum absolute atomic E-state index is 12.4. The van der Waals surface area contributed by atoms with Crippen molar-refractivity contribution in [3.63, 3.8) is 0 Å². The van der Waals surface area contributed by atoms with Gasteiger partial charge in [0.1, 0.15) is 0 Å². The van der Waals surface area contributed by atoms with Crippen molar-refractivity contribution in [2.75, 3.05) is 12.1 Å². The van der Waals surface area contributed by atoms with Crippen molar-refractivity contribution in [3.05, 3.63) is 53.6 Å². The van der Waals surface area contributed by atoms with Crippen LogP contribution in [-0.4, -0.2) is 18.7 Å². The second kappa shape index (κ2) is 5.35. The zero-order chi connectivity index (χ0) is 14.9. The molecule has 0 fully saturated rings. The molecule has 0 aromatic heterocycles. The number of anilines is 1. The minimum absolute atomic E-state index is 0.0339. The third kappa shape index (κ3) is 2.40. The molecule has 0 spiro atoms. The van der Waals surface area contributed by atoms with Gasteiger partial charge < -0.3 is 20.1 Å². The van der Waals surface area contributed by atoms with Gasteiger partial charge in [0.25, 0.3) is 0 Å². The van der Waals surface area contributed by atoms with Gasteiger partial charge in [0.2, 0.25) is 12.7 Å². The standard InChI is InChI=1S/C17H16N2O3/c20-17(14-7-11-3-1-2-4-12(11)9-18-14)19-13-5-6-15-16(8-13)22-10-21-15/h1-6,8,14,18H,7,9-10H2,(H,19,20)/t14-/m0/s1. The molecule has 1 amide bonds. The van der Waals surface area contributed by atoms with E-state index >= 15 is 0 Å². The molecule has 0 radical (unpaired) electrons. The van der Waals surface area contributed by atoms with Crippen LogP contribution in [0.4, 0.5) is 5.69 Å². The van der Waals surface area contributed by atoms with Crippen molar-refractivity contribution >= 4 is 11.6 Å². The summed E-state index contributed by atoms with van der Waals surface area (Å²) in [7, 11) is 0. The third-order valence-electron chi connectivity index (χ3n) is 4.04. The summed E-state index contributed by atoms with van der Waals surface area (Å²) in [6.07, 6.45) is 0.701. The van der Waals surface area contributed by atoms with E-state index in [9.17, 15) is 4.79 Å². The SMILES string of the molecule is O=C(Nc1ccc2c(c1)OCO2)[C@@H]1Cc2ccccc2CN1. The zero-order valence-electron chi connectivity index (χ0n) is 12.0. The van der Waals surface area contributed by atoms with Crippen LogP contribution in [0.3, 0.4) is 0 Å². The maximum Gasteiger partial charge on any atom is 0.241 e. The van der Waals surface area contributed by atoms with Gasteiger partial charge in [-0.15, -0.1) is 0 Å². The summed E-state index contributed by atoms with van der Waals surface area (Å²) in [5.74, 6) is 1.34. The van der Waals surface area contributed by atoms with E-state index in [1.807, 2.05) is 24.3 Å². The Balaban J connectivity index is 1.47. The Morgan fingerprint density at radius 2 is 1.91 bits per heavy atom. The minimum atomic E-state index is -0.222. The van der Waals surface area contributed by atoms with Crippen molar-refractivity contribution in [1.29, 1.82) is 0 Å². The van der Waals surface area contributed by atoms with E-state index in [1.165, 1.54) is 11.1 Å². The molecule has 5 nitrogen and oxygen atoms in total. The largest absolute Gasteiger partial charge is 0.454 e. The van der Waals surface area contributed by atoms with Crippen molar-refractivity contribution in [1.82, 2.24) is 5.32 Å². The average Bonchev–Trinajstić information content (AvgIpc) is 3.02. The molecule has 2 heterocycles. The number of carbonyl (C=O) groups is 1. The molecule has 2 N–H and O–H groups in total. The lowest BCUT2D eigenvalue weighted by Crippen LogP contribution is -2.44. The van der Waals surface area contributed by atoms with Crippen molar-refractivity contribution in [2.24, 2.45) is 0 Å². The number of rotatable bonds is 2. The Hall–Kier alpha value is -2.53. The van der Waals surface area contributed by atoms with Crippen LogP contribution in [0.15, 0.2) is 42.5 Å². The highest BCUT2D eigenvalue weighted by Gasteiger charge is 2.24. The Kier molecular flexibility index (Phi) is 3.20. The van der Waals surface area contributed by atoms with E-state index in [4.69, 9.17) is 9.47 Å². The maximum atomic E-state index is 12.4. The van der Waals surface area contributed by atoms with Crippen LogP contribution < -0.4 is 20.1 Å². The van der Waals surface area contributed by atoms with E-state index < -0.39 is 0 Å². The summed E-state index contributed by atoms with van der Waals surface area (Å²) in [6.45, 7) is 0.948. The summed E-state index contributed by atoms with van der Waals surface area (Å²) in [4.78, 5) is 12.4. The topological polar surface area (TPSA) is 59.6 Å². The van der Waals surface area contributed by atoms with E-state index in [0.29, 0.717) is 17.9 Å². The van der Waals surface area contributed by atoms with Crippen molar-refractivity contribution < 1.29 is 14.3 Å².